The van der Waals surface area contributed by atoms with E-state index in [1.165, 1.54) is 28.9 Å². The van der Waals surface area contributed by atoms with Crippen molar-refractivity contribution in [3.05, 3.63) is 99.4 Å². The molecule has 3 heterocycles. The lowest BCUT2D eigenvalue weighted by Crippen LogP contribution is -2.35. The Morgan fingerprint density at radius 3 is 2.64 bits per heavy atom. The maximum Gasteiger partial charge on any atom is 0.283 e. The summed E-state index contributed by atoms with van der Waals surface area (Å²) in [5.74, 6) is -0.576. The minimum atomic E-state index is -0.518. The van der Waals surface area contributed by atoms with Gasteiger partial charge in [0.15, 0.2) is 5.84 Å². The van der Waals surface area contributed by atoms with Gasteiger partial charge in [-0.2, -0.15) is 15.1 Å². The monoisotopic (exact) mass is 456 g/mol. The fraction of sp³-hybridized carbons (Fsp3) is 0.0435. The minimum absolute atomic E-state index is 0.00859. The van der Waals surface area contributed by atoms with Crippen LogP contribution in [-0.2, 0) is 4.79 Å². The molecule has 1 N–H and O–H groups in total. The van der Waals surface area contributed by atoms with Crippen LogP contribution in [0.15, 0.2) is 82.5 Å². The number of aromatic nitrogens is 1. The Kier molecular flexibility index (Phi) is 4.98. The number of nitrogens with zero attached hydrogens (tertiary/aromatic N) is 5. The SMILES string of the molecule is Cc1cccc(C2=NN3C(=N)/C(=C/c4cccn4-c4ccc([N+](=O)[O-])cc4)C(=O)N=C3S2)c1. The second-order valence-electron chi connectivity index (χ2n) is 7.37. The van der Waals surface area contributed by atoms with Crippen molar-refractivity contribution in [1.29, 1.82) is 5.41 Å². The van der Waals surface area contributed by atoms with Crippen molar-refractivity contribution in [1.82, 2.24) is 9.58 Å². The average Bonchev–Trinajstić information content (AvgIpc) is 3.44. The number of amidine groups is 2. The quantitative estimate of drug-likeness (QED) is 0.356. The molecule has 0 fully saturated rings. The van der Waals surface area contributed by atoms with E-state index in [2.05, 4.69) is 10.1 Å². The maximum absolute atomic E-state index is 12.8. The number of carbonyl (C=O) groups excluding carboxylic acids is 1. The highest BCUT2D eigenvalue weighted by molar-refractivity contribution is 8.27. The molecule has 2 aliphatic rings. The zero-order valence-corrected chi connectivity index (χ0v) is 18.1. The van der Waals surface area contributed by atoms with E-state index in [1.54, 1.807) is 41.1 Å². The number of amides is 1. The van der Waals surface area contributed by atoms with E-state index in [0.717, 1.165) is 11.1 Å². The lowest BCUT2D eigenvalue weighted by molar-refractivity contribution is -0.384. The number of carbonyl (C=O) groups is 1. The Hall–Kier alpha value is -4.31. The number of rotatable bonds is 4. The molecule has 0 aliphatic carbocycles. The summed E-state index contributed by atoms with van der Waals surface area (Å²) in [5.41, 5.74) is 3.40. The first-order valence-electron chi connectivity index (χ1n) is 9.90. The van der Waals surface area contributed by atoms with Crippen LogP contribution in [0.25, 0.3) is 11.8 Å². The zero-order valence-electron chi connectivity index (χ0n) is 17.3. The molecule has 3 aromatic rings. The van der Waals surface area contributed by atoms with Gasteiger partial charge in [0.25, 0.3) is 11.6 Å². The normalized spacial score (nSPS) is 16.6. The van der Waals surface area contributed by atoms with Gasteiger partial charge in [-0.05, 0) is 55.1 Å². The van der Waals surface area contributed by atoms with Crippen LogP contribution in [-0.4, -0.2) is 36.5 Å². The summed E-state index contributed by atoms with van der Waals surface area (Å²) < 4.78 is 1.77. The van der Waals surface area contributed by atoms with Gasteiger partial charge >= 0.3 is 0 Å². The molecular weight excluding hydrogens is 440 g/mol. The summed E-state index contributed by atoms with van der Waals surface area (Å²) in [6.07, 6.45) is 3.36. The molecule has 9 nitrogen and oxygen atoms in total. The first-order valence-corrected chi connectivity index (χ1v) is 10.7. The molecule has 0 unspecified atom stereocenters. The van der Waals surface area contributed by atoms with Gasteiger partial charge in [0.1, 0.15) is 5.04 Å². The van der Waals surface area contributed by atoms with Crippen molar-refractivity contribution in [2.24, 2.45) is 10.1 Å². The number of non-ortho nitro benzene ring substituents is 1. The van der Waals surface area contributed by atoms with Crippen molar-refractivity contribution >= 4 is 45.5 Å². The first-order chi connectivity index (χ1) is 15.9. The lowest BCUT2D eigenvalue weighted by Gasteiger charge is -2.20. The largest absolute Gasteiger partial charge is 0.317 e. The number of nitro benzene ring substituents is 1. The van der Waals surface area contributed by atoms with Gasteiger partial charge in [-0.25, -0.2) is 0 Å². The number of aliphatic imine (C=N–C) groups is 1. The summed E-state index contributed by atoms with van der Waals surface area (Å²) in [4.78, 5) is 27.4. The third kappa shape index (κ3) is 3.76. The summed E-state index contributed by atoms with van der Waals surface area (Å²) >= 11 is 1.25. The molecule has 162 valence electrons. The lowest BCUT2D eigenvalue weighted by atomic mass is 10.1. The number of hydrogen-bond donors (Lipinski definition) is 1. The third-order valence-electron chi connectivity index (χ3n) is 5.13. The second kappa shape index (κ2) is 7.99. The zero-order chi connectivity index (χ0) is 23.1. The predicted octanol–water partition coefficient (Wildman–Crippen LogP) is 4.36. The Bertz CT molecular complexity index is 1420. The highest BCUT2D eigenvalue weighted by Gasteiger charge is 2.36. The number of hydrazone groups is 1. The Morgan fingerprint density at radius 2 is 1.91 bits per heavy atom. The van der Waals surface area contributed by atoms with E-state index in [1.807, 2.05) is 31.2 Å². The first kappa shape index (κ1) is 20.6. The van der Waals surface area contributed by atoms with Crippen molar-refractivity contribution in [3.8, 4) is 5.69 Å². The van der Waals surface area contributed by atoms with E-state index < -0.39 is 10.8 Å². The van der Waals surface area contributed by atoms with Gasteiger partial charge in [0, 0.05) is 35.3 Å². The summed E-state index contributed by atoms with van der Waals surface area (Å²) in [6.45, 7) is 1.99. The van der Waals surface area contributed by atoms with Crippen molar-refractivity contribution in [2.45, 2.75) is 6.92 Å². The second-order valence-corrected chi connectivity index (χ2v) is 8.33. The van der Waals surface area contributed by atoms with E-state index in [0.29, 0.717) is 21.6 Å². The average molecular weight is 456 g/mol. The smallest absolute Gasteiger partial charge is 0.283 e. The van der Waals surface area contributed by atoms with Crippen molar-refractivity contribution < 1.29 is 9.72 Å². The molecule has 0 saturated carbocycles. The molecular formula is C23H16N6O3S. The number of nitrogens with one attached hydrogen (secondary N) is 1. The van der Waals surface area contributed by atoms with Crippen LogP contribution in [0.1, 0.15) is 16.8 Å². The molecule has 1 amide bonds. The van der Waals surface area contributed by atoms with Crippen molar-refractivity contribution in [3.63, 3.8) is 0 Å². The highest BCUT2D eigenvalue weighted by atomic mass is 32.2. The Morgan fingerprint density at radius 1 is 1.12 bits per heavy atom. The molecule has 0 bridgehead atoms. The summed E-state index contributed by atoms with van der Waals surface area (Å²) in [6, 6.07) is 17.5. The fourth-order valence-electron chi connectivity index (χ4n) is 3.52. The van der Waals surface area contributed by atoms with Crippen LogP contribution in [0.2, 0.25) is 0 Å². The van der Waals surface area contributed by atoms with Crippen LogP contribution in [0.5, 0.6) is 0 Å². The molecule has 0 saturated heterocycles. The molecule has 0 atom stereocenters. The van der Waals surface area contributed by atoms with Gasteiger partial charge in [-0.15, -0.1) is 0 Å². The third-order valence-corrected chi connectivity index (χ3v) is 6.09. The molecule has 10 heteroatoms. The minimum Gasteiger partial charge on any atom is -0.317 e. The Labute approximate surface area is 192 Å². The number of aryl methyl sites for hydroxylation is 1. The molecule has 33 heavy (non-hydrogen) atoms. The van der Waals surface area contributed by atoms with E-state index in [9.17, 15) is 14.9 Å². The standard InChI is InChI=1S/C23H16N6O3S/c1-14-4-2-5-15(12-14)22-26-28-20(24)19(21(30)25-23(28)33-22)13-18-6-3-11-27(18)16-7-9-17(10-8-16)29(31)32/h2-13,24H,1H3/b19-13-,24-20?. The van der Waals surface area contributed by atoms with Crippen LogP contribution >= 0.6 is 11.8 Å². The predicted molar refractivity (Wildman–Crippen MR) is 128 cm³/mol. The van der Waals surface area contributed by atoms with Crippen LogP contribution in [0.3, 0.4) is 0 Å². The number of fused-ring (bicyclic) bond motifs is 1. The molecule has 1 aromatic heterocycles. The number of thioether (sulfide) groups is 1. The highest BCUT2D eigenvalue weighted by Crippen LogP contribution is 2.31. The van der Waals surface area contributed by atoms with Crippen LogP contribution in [0.4, 0.5) is 5.69 Å². The van der Waals surface area contributed by atoms with Gasteiger partial charge in [0.05, 0.1) is 10.5 Å². The number of hydrogen-bond acceptors (Lipinski definition) is 6. The Balaban J connectivity index is 1.48. The van der Waals surface area contributed by atoms with Gasteiger partial charge < -0.3 is 4.57 Å². The van der Waals surface area contributed by atoms with Gasteiger partial charge in [-0.3, -0.25) is 20.3 Å². The van der Waals surface area contributed by atoms with Gasteiger partial charge in [-0.1, -0.05) is 23.8 Å². The van der Waals surface area contributed by atoms with E-state index >= 15 is 0 Å². The summed E-state index contributed by atoms with van der Waals surface area (Å²) in [5, 5.41) is 26.4. The van der Waals surface area contributed by atoms with Crippen molar-refractivity contribution in [2.75, 3.05) is 0 Å². The molecule has 5 rings (SSSR count). The number of benzene rings is 2. The van der Waals surface area contributed by atoms with E-state index in [4.69, 9.17) is 5.41 Å². The van der Waals surface area contributed by atoms with Crippen LogP contribution < -0.4 is 0 Å². The van der Waals surface area contributed by atoms with Gasteiger partial charge in [0.2, 0.25) is 5.17 Å². The molecule has 2 aliphatic heterocycles. The fourth-order valence-corrected chi connectivity index (χ4v) is 4.40. The molecule has 2 aromatic carbocycles. The molecule has 0 spiro atoms. The maximum atomic E-state index is 12.8. The van der Waals surface area contributed by atoms with Crippen LogP contribution in [0, 0.1) is 22.4 Å². The number of nitro groups is 1. The molecule has 0 radical (unpaired) electrons. The topological polar surface area (TPSA) is 117 Å². The summed E-state index contributed by atoms with van der Waals surface area (Å²) in [7, 11) is 0. The van der Waals surface area contributed by atoms with E-state index in [-0.39, 0.29) is 17.1 Å².